The van der Waals surface area contributed by atoms with E-state index in [1.54, 1.807) is 83.1 Å². The first-order valence-electron chi connectivity index (χ1n) is 23.1. The monoisotopic (exact) mass is 999 g/mol. The van der Waals surface area contributed by atoms with E-state index in [0.29, 0.717) is 0 Å². The summed E-state index contributed by atoms with van der Waals surface area (Å²) < 4.78 is 0. The predicted molar refractivity (Wildman–Crippen MR) is 253 cm³/mol. The number of carbonyl (C=O) groups is 12. The van der Waals surface area contributed by atoms with Crippen LogP contribution in [0.5, 0.6) is 0 Å². The van der Waals surface area contributed by atoms with Crippen molar-refractivity contribution >= 4 is 71.0 Å². The van der Waals surface area contributed by atoms with Crippen molar-refractivity contribution in [3.63, 3.8) is 0 Å². The smallest absolute Gasteiger partial charge is 0.303 e. The van der Waals surface area contributed by atoms with E-state index < -0.39 is 174 Å². The van der Waals surface area contributed by atoms with E-state index in [-0.39, 0.29) is 32.1 Å². The van der Waals surface area contributed by atoms with E-state index in [1.165, 1.54) is 0 Å². The van der Waals surface area contributed by atoms with Gasteiger partial charge in [0.1, 0.15) is 24.2 Å². The summed E-state index contributed by atoms with van der Waals surface area (Å²) in [5, 5.41) is 58.3. The maximum absolute atomic E-state index is 14.0. The number of ketones is 1. The number of carbonyl (C=O) groups excluding carboxylic acids is 8. The van der Waals surface area contributed by atoms with Gasteiger partial charge in [-0.25, -0.2) is 0 Å². The van der Waals surface area contributed by atoms with Crippen molar-refractivity contribution in [3.8, 4) is 0 Å². The predicted octanol–water partition coefficient (Wildman–Crippen LogP) is 0.631. The Balaban J connectivity index is 6.99. The molecule has 0 aromatic rings. The van der Waals surface area contributed by atoms with Crippen LogP contribution < -0.4 is 42.5 Å². The highest BCUT2D eigenvalue weighted by molar-refractivity contribution is 5.98. The summed E-state index contributed by atoms with van der Waals surface area (Å²) in [6.07, 6.45) is -5.80. The summed E-state index contributed by atoms with van der Waals surface area (Å²) in [5.74, 6) is -12.3. The van der Waals surface area contributed by atoms with Crippen LogP contribution in [0.3, 0.4) is 0 Å². The van der Waals surface area contributed by atoms with Crippen LogP contribution in [-0.4, -0.2) is 144 Å². The van der Waals surface area contributed by atoms with Crippen LogP contribution in [0.15, 0.2) is 0 Å². The van der Waals surface area contributed by atoms with Crippen molar-refractivity contribution in [2.24, 2.45) is 5.41 Å². The molecule has 12 N–H and O–H groups in total. The Bertz CT molecular complexity index is 1890. The fourth-order valence-corrected chi connectivity index (χ4v) is 6.60. The molecule has 7 amide bonds. The second-order valence-electron chi connectivity index (χ2n) is 21.3. The van der Waals surface area contributed by atoms with Gasteiger partial charge in [0.2, 0.25) is 41.4 Å². The Morgan fingerprint density at radius 2 is 0.557 bits per heavy atom. The molecule has 0 saturated heterocycles. The van der Waals surface area contributed by atoms with Gasteiger partial charge in [0, 0.05) is 60.6 Å². The summed E-state index contributed by atoms with van der Waals surface area (Å²) in [6, 6.07) is -9.38. The number of carboxylic acid groups (broad SMARTS) is 4. The first-order chi connectivity index (χ1) is 31.8. The van der Waals surface area contributed by atoms with Crippen molar-refractivity contribution < 1.29 is 78.0 Å². The topological polar surface area (TPSA) is 382 Å². The summed E-state index contributed by atoms with van der Waals surface area (Å²) in [4.78, 5) is 155. The Morgan fingerprint density at radius 3 is 0.800 bits per heavy atom. The number of amides is 7. The Hall–Kier alpha value is -6.20. The molecule has 0 aliphatic rings. The van der Waals surface area contributed by atoms with Crippen molar-refractivity contribution in [1.29, 1.82) is 0 Å². The average molecular weight is 999 g/mol. The zero-order chi connectivity index (χ0) is 54.5. The summed E-state index contributed by atoms with van der Waals surface area (Å²) in [5.41, 5.74) is -3.08. The van der Waals surface area contributed by atoms with Gasteiger partial charge in [-0.15, -0.1) is 0 Å². The normalized spacial score (nSPS) is 14.5. The molecule has 0 aromatic carbocycles. The van der Waals surface area contributed by atoms with Crippen molar-refractivity contribution in [3.05, 3.63) is 0 Å². The third-order valence-electron chi connectivity index (χ3n) is 9.76. The minimum atomic E-state index is -1.82. The second kappa shape index (κ2) is 28.5. The van der Waals surface area contributed by atoms with E-state index >= 15 is 0 Å². The molecule has 6 atom stereocenters. The SMILES string of the molecule is CC(C)(C)NC(=O)CCC(NC(=O)C(CCC(=O)O)NC(C)(C)C)C(=O)NC(CCC(=O)O)C(=O)NC(CCC(=O)O)C(=O)NC(CCC(=O)O)C(=O)NC(CCC(=O)NC(C)(C)C)C(=O)C(C)(C)C. The average Bonchev–Trinajstić information content (AvgIpc) is 3.18. The van der Waals surface area contributed by atoms with Crippen LogP contribution in [0.1, 0.15) is 160 Å². The van der Waals surface area contributed by atoms with Crippen LogP contribution in [0, 0.1) is 5.41 Å². The maximum atomic E-state index is 14.0. The largest absolute Gasteiger partial charge is 0.481 e. The lowest BCUT2D eigenvalue weighted by molar-refractivity contribution is -0.140. The van der Waals surface area contributed by atoms with Gasteiger partial charge in [0.25, 0.3) is 0 Å². The highest BCUT2D eigenvalue weighted by atomic mass is 16.4. The highest BCUT2D eigenvalue weighted by Crippen LogP contribution is 2.20. The third-order valence-corrected chi connectivity index (χ3v) is 9.76. The molecule has 24 nitrogen and oxygen atoms in total. The van der Waals surface area contributed by atoms with Crippen LogP contribution in [-0.2, 0) is 57.5 Å². The minimum absolute atomic E-state index is 0.183. The fraction of sp³-hybridized carbons (Fsp3) is 0.739. The number of carboxylic acids is 4. The van der Waals surface area contributed by atoms with Gasteiger partial charge < -0.3 is 63.0 Å². The molecule has 0 fully saturated rings. The molecule has 70 heavy (non-hydrogen) atoms. The summed E-state index contributed by atoms with van der Waals surface area (Å²) in [7, 11) is 0. The number of hydrogen-bond acceptors (Lipinski definition) is 13. The first-order valence-corrected chi connectivity index (χ1v) is 23.1. The van der Waals surface area contributed by atoms with Crippen LogP contribution >= 0.6 is 0 Å². The quantitative estimate of drug-likeness (QED) is 0.0469. The van der Waals surface area contributed by atoms with Crippen LogP contribution in [0.4, 0.5) is 0 Å². The molecule has 0 saturated carbocycles. The van der Waals surface area contributed by atoms with Crippen molar-refractivity contribution in [1.82, 2.24) is 42.5 Å². The lowest BCUT2D eigenvalue weighted by Gasteiger charge is -2.30. The van der Waals surface area contributed by atoms with Crippen molar-refractivity contribution in [2.75, 3.05) is 0 Å². The lowest BCUT2D eigenvalue weighted by Crippen LogP contribution is -2.60. The van der Waals surface area contributed by atoms with Gasteiger partial charge >= 0.3 is 23.9 Å². The zero-order valence-electron chi connectivity index (χ0n) is 42.6. The van der Waals surface area contributed by atoms with E-state index in [4.69, 9.17) is 0 Å². The third kappa shape index (κ3) is 29.0. The molecule has 0 rings (SSSR count). The molecule has 398 valence electrons. The van der Waals surface area contributed by atoms with E-state index in [0.717, 1.165) is 0 Å². The van der Waals surface area contributed by atoms with Gasteiger partial charge in [-0.1, -0.05) is 20.8 Å². The van der Waals surface area contributed by atoms with Gasteiger partial charge in [-0.2, -0.15) is 0 Å². The molecular formula is C46H78N8O16. The molecule has 0 aliphatic heterocycles. The molecule has 0 spiro atoms. The molecule has 0 bridgehead atoms. The fourth-order valence-electron chi connectivity index (χ4n) is 6.60. The molecule has 0 radical (unpaired) electrons. The summed E-state index contributed by atoms with van der Waals surface area (Å²) >= 11 is 0. The second-order valence-corrected chi connectivity index (χ2v) is 21.3. The van der Waals surface area contributed by atoms with Gasteiger partial charge in [-0.3, -0.25) is 57.5 Å². The molecular weight excluding hydrogens is 921 g/mol. The van der Waals surface area contributed by atoms with Crippen molar-refractivity contribution in [2.45, 2.75) is 213 Å². The molecule has 0 heterocycles. The van der Waals surface area contributed by atoms with E-state index in [9.17, 15) is 78.0 Å². The van der Waals surface area contributed by atoms with Crippen LogP contribution in [0.25, 0.3) is 0 Å². The first kappa shape index (κ1) is 63.8. The zero-order valence-corrected chi connectivity index (χ0v) is 42.6. The Morgan fingerprint density at radius 1 is 0.329 bits per heavy atom. The van der Waals surface area contributed by atoms with Gasteiger partial charge in [0.05, 0.1) is 12.1 Å². The standard InChI is InChI=1S/C46H78N8O16/c1-43(2,3)37(65)25(13-19-31(55)53-45(7,8)9)47-38(66)27(15-21-33(57)58)48-40(68)29(17-23-35(61)62)50-41(69)28(16-22-34(59)60)49-39(67)26(14-20-32(56)54-46(10,11)12)51-42(70)30(18-24-36(63)64)52-44(4,5)6/h25-30,52H,13-24H2,1-12H3,(H,47,66)(H,48,68)(H,49,67)(H,50,69)(H,51,70)(H,53,55)(H,54,56)(H,57,58)(H,59,60)(H,61,62)(H,63,64). The number of rotatable bonds is 30. The maximum Gasteiger partial charge on any atom is 0.303 e. The minimum Gasteiger partial charge on any atom is -0.481 e. The molecule has 6 unspecified atom stereocenters. The highest BCUT2D eigenvalue weighted by Gasteiger charge is 2.36. The van der Waals surface area contributed by atoms with Gasteiger partial charge in [-0.05, 0) is 101 Å². The Labute approximate surface area is 409 Å². The number of Topliss-reactive ketones (excluding diaryl/α,β-unsaturated/α-hetero) is 1. The van der Waals surface area contributed by atoms with Gasteiger partial charge in [0.15, 0.2) is 5.78 Å². The number of hydrogen-bond donors (Lipinski definition) is 12. The molecule has 0 aromatic heterocycles. The molecule has 0 aliphatic carbocycles. The Kier molecular flexibility index (Phi) is 25.9. The van der Waals surface area contributed by atoms with E-state index in [1.807, 2.05) is 0 Å². The lowest BCUT2D eigenvalue weighted by atomic mass is 9.84. The molecule has 24 heteroatoms. The number of nitrogens with one attached hydrogen (secondary N) is 8. The summed E-state index contributed by atoms with van der Waals surface area (Å²) in [6.45, 7) is 20.2. The number of aliphatic carboxylic acids is 4. The van der Waals surface area contributed by atoms with E-state index in [2.05, 4.69) is 42.5 Å². The van der Waals surface area contributed by atoms with Crippen LogP contribution in [0.2, 0.25) is 0 Å².